The van der Waals surface area contributed by atoms with Gasteiger partial charge in [0, 0.05) is 11.6 Å². The van der Waals surface area contributed by atoms with Crippen molar-refractivity contribution in [2.45, 2.75) is 27.7 Å². The highest BCUT2D eigenvalue weighted by Crippen LogP contribution is 2.37. The molecule has 0 atom stereocenters. The first-order chi connectivity index (χ1) is 13.8. The number of aromatic nitrogens is 1. The minimum absolute atomic E-state index is 0.0524. The topological polar surface area (TPSA) is 118 Å². The van der Waals surface area contributed by atoms with Crippen LogP contribution in [-0.4, -0.2) is 42.2 Å². The lowest BCUT2D eigenvalue weighted by atomic mass is 9.92. The molecule has 154 valence electrons. The Morgan fingerprint density at radius 2 is 1.55 bits per heavy atom. The molecule has 0 radical (unpaired) electrons. The van der Waals surface area contributed by atoms with E-state index in [4.69, 9.17) is 14.2 Å². The Labute approximate surface area is 167 Å². The molecule has 0 saturated carbocycles. The number of nitrogens with zero attached hydrogens (tertiary/aromatic N) is 2. The number of nitro benzene ring substituents is 1. The monoisotopic (exact) mass is 402 g/mol. The molecule has 29 heavy (non-hydrogen) atoms. The van der Waals surface area contributed by atoms with E-state index in [1.165, 1.54) is 25.3 Å². The normalized spacial score (nSPS) is 10.4. The summed E-state index contributed by atoms with van der Waals surface area (Å²) >= 11 is 0. The van der Waals surface area contributed by atoms with Crippen LogP contribution in [0.15, 0.2) is 18.2 Å². The molecule has 0 aliphatic heterocycles. The summed E-state index contributed by atoms with van der Waals surface area (Å²) in [6.07, 6.45) is 0. The van der Waals surface area contributed by atoms with E-state index in [0.717, 1.165) is 0 Å². The zero-order valence-electron chi connectivity index (χ0n) is 16.9. The Morgan fingerprint density at radius 3 is 1.97 bits per heavy atom. The van der Waals surface area contributed by atoms with E-state index in [1.54, 1.807) is 27.7 Å². The van der Waals surface area contributed by atoms with Gasteiger partial charge in [-0.1, -0.05) is 6.07 Å². The van der Waals surface area contributed by atoms with Crippen LogP contribution in [0.3, 0.4) is 0 Å². The smallest absolute Gasteiger partial charge is 0.340 e. The quantitative estimate of drug-likeness (QED) is 0.391. The Morgan fingerprint density at radius 1 is 1.03 bits per heavy atom. The number of pyridine rings is 1. The highest BCUT2D eigenvalue weighted by molar-refractivity contribution is 6.07. The first-order valence-electron chi connectivity index (χ1n) is 8.94. The van der Waals surface area contributed by atoms with Gasteiger partial charge in [-0.25, -0.2) is 9.59 Å². The highest BCUT2D eigenvalue weighted by atomic mass is 16.6. The number of ether oxygens (including phenoxy) is 3. The molecule has 0 unspecified atom stereocenters. The minimum atomic E-state index is -0.684. The Balaban J connectivity index is 2.93. The average Bonchev–Trinajstić information content (AvgIpc) is 2.66. The first kappa shape index (κ1) is 21.8. The van der Waals surface area contributed by atoms with Crippen molar-refractivity contribution in [3.8, 4) is 16.9 Å². The molecule has 0 fully saturated rings. The van der Waals surface area contributed by atoms with Crippen LogP contribution in [0.1, 0.15) is 46.0 Å². The van der Waals surface area contributed by atoms with E-state index in [-0.39, 0.29) is 46.9 Å². The molecule has 9 heteroatoms. The standard InChI is InChI=1S/C20H22N2O7/c1-6-28-19(23)16-11(3)21-12(4)17(20(24)29-7-2)18(16)13-8-9-15(27-5)14(10-13)22(25)26/h8-10H,6-7H2,1-5H3. The van der Waals surface area contributed by atoms with Crippen LogP contribution in [0.4, 0.5) is 5.69 Å². The van der Waals surface area contributed by atoms with Crippen molar-refractivity contribution in [1.29, 1.82) is 0 Å². The number of methoxy groups -OCH3 is 1. The van der Waals surface area contributed by atoms with Gasteiger partial charge in [0.2, 0.25) is 0 Å². The molecular formula is C20H22N2O7. The summed E-state index contributed by atoms with van der Waals surface area (Å²) in [5, 5.41) is 11.5. The second-order valence-electron chi connectivity index (χ2n) is 5.99. The third-order valence-electron chi connectivity index (χ3n) is 4.18. The van der Waals surface area contributed by atoms with E-state index >= 15 is 0 Å². The number of benzene rings is 1. The van der Waals surface area contributed by atoms with Crippen LogP contribution in [-0.2, 0) is 9.47 Å². The number of hydrogen-bond acceptors (Lipinski definition) is 8. The van der Waals surface area contributed by atoms with Crippen LogP contribution in [0.5, 0.6) is 5.75 Å². The van der Waals surface area contributed by atoms with Gasteiger partial charge in [0.05, 0.1) is 47.8 Å². The predicted octanol–water partition coefficient (Wildman–Crippen LogP) is 3.64. The Bertz CT molecular complexity index is 928. The van der Waals surface area contributed by atoms with Crippen LogP contribution in [0, 0.1) is 24.0 Å². The van der Waals surface area contributed by atoms with E-state index < -0.39 is 16.9 Å². The highest BCUT2D eigenvalue weighted by Gasteiger charge is 2.29. The van der Waals surface area contributed by atoms with Gasteiger partial charge in [0.25, 0.3) is 0 Å². The largest absolute Gasteiger partial charge is 0.490 e. The van der Waals surface area contributed by atoms with Crippen LogP contribution >= 0.6 is 0 Å². The molecule has 1 aromatic heterocycles. The number of esters is 2. The molecule has 0 spiro atoms. The van der Waals surface area contributed by atoms with Crippen LogP contribution in [0.25, 0.3) is 11.1 Å². The van der Waals surface area contributed by atoms with Crippen molar-refractivity contribution in [3.63, 3.8) is 0 Å². The SMILES string of the molecule is CCOC(=O)c1c(C)nc(C)c(C(=O)OCC)c1-c1ccc(OC)c([N+](=O)[O-])c1. The van der Waals surface area contributed by atoms with E-state index in [9.17, 15) is 19.7 Å². The maximum Gasteiger partial charge on any atom is 0.340 e. The van der Waals surface area contributed by atoms with Gasteiger partial charge in [-0.2, -0.15) is 0 Å². The molecule has 1 aromatic carbocycles. The number of carbonyl (C=O) groups is 2. The number of rotatable bonds is 7. The maximum absolute atomic E-state index is 12.7. The van der Waals surface area contributed by atoms with Crippen molar-refractivity contribution in [2.24, 2.45) is 0 Å². The van der Waals surface area contributed by atoms with E-state index in [1.807, 2.05) is 0 Å². The molecule has 0 amide bonds. The lowest BCUT2D eigenvalue weighted by molar-refractivity contribution is -0.385. The maximum atomic E-state index is 12.7. The van der Waals surface area contributed by atoms with Crippen molar-refractivity contribution in [1.82, 2.24) is 4.98 Å². The zero-order valence-corrected chi connectivity index (χ0v) is 16.9. The first-order valence-corrected chi connectivity index (χ1v) is 8.94. The summed E-state index contributed by atoms with van der Waals surface area (Å²) in [6, 6.07) is 4.19. The second kappa shape index (κ2) is 9.13. The Hall–Kier alpha value is -3.49. The summed E-state index contributed by atoms with van der Waals surface area (Å²) in [4.78, 5) is 40.5. The fourth-order valence-electron chi connectivity index (χ4n) is 3.03. The van der Waals surface area contributed by atoms with E-state index in [0.29, 0.717) is 11.4 Å². The van der Waals surface area contributed by atoms with Gasteiger partial charge in [-0.15, -0.1) is 0 Å². The minimum Gasteiger partial charge on any atom is -0.490 e. The van der Waals surface area contributed by atoms with Crippen molar-refractivity contribution in [2.75, 3.05) is 20.3 Å². The van der Waals surface area contributed by atoms with Crippen molar-refractivity contribution in [3.05, 3.63) is 50.8 Å². The van der Waals surface area contributed by atoms with Gasteiger partial charge < -0.3 is 14.2 Å². The number of carbonyl (C=O) groups excluding carboxylic acids is 2. The zero-order chi connectivity index (χ0) is 21.7. The van der Waals surface area contributed by atoms with Gasteiger partial charge >= 0.3 is 17.6 Å². The van der Waals surface area contributed by atoms with E-state index in [2.05, 4.69) is 4.98 Å². The number of hydrogen-bond donors (Lipinski definition) is 0. The molecule has 0 aliphatic rings. The summed E-state index contributed by atoms with van der Waals surface area (Å²) in [5.74, 6) is -1.32. The second-order valence-corrected chi connectivity index (χ2v) is 5.99. The molecule has 9 nitrogen and oxygen atoms in total. The summed E-state index contributed by atoms with van der Waals surface area (Å²) < 4.78 is 15.3. The van der Waals surface area contributed by atoms with Crippen molar-refractivity contribution >= 4 is 17.6 Å². The third-order valence-corrected chi connectivity index (χ3v) is 4.18. The fraction of sp³-hybridized carbons (Fsp3) is 0.350. The molecule has 0 aliphatic carbocycles. The molecular weight excluding hydrogens is 380 g/mol. The predicted molar refractivity (Wildman–Crippen MR) is 104 cm³/mol. The lowest BCUT2D eigenvalue weighted by Crippen LogP contribution is -2.17. The summed E-state index contributed by atoms with van der Waals surface area (Å²) in [6.45, 7) is 6.75. The van der Waals surface area contributed by atoms with Gasteiger partial charge in [-0.05, 0) is 39.3 Å². The number of aryl methyl sites for hydroxylation is 2. The molecule has 0 saturated heterocycles. The van der Waals surface area contributed by atoms with Crippen LogP contribution in [0.2, 0.25) is 0 Å². The Kier molecular flexibility index (Phi) is 6.87. The fourth-order valence-corrected chi connectivity index (χ4v) is 3.03. The number of nitro groups is 1. The van der Waals surface area contributed by atoms with Crippen LogP contribution < -0.4 is 4.74 Å². The van der Waals surface area contributed by atoms with Gasteiger partial charge in [0.1, 0.15) is 0 Å². The lowest BCUT2D eigenvalue weighted by Gasteiger charge is -2.18. The summed E-state index contributed by atoms with van der Waals surface area (Å²) in [5.41, 5.74) is 0.932. The van der Waals surface area contributed by atoms with Gasteiger partial charge in [-0.3, -0.25) is 15.1 Å². The molecule has 2 aromatic rings. The molecule has 0 N–H and O–H groups in total. The molecule has 0 bridgehead atoms. The average molecular weight is 402 g/mol. The molecule has 2 rings (SSSR count). The molecule has 1 heterocycles. The summed E-state index contributed by atoms with van der Waals surface area (Å²) in [7, 11) is 1.32. The van der Waals surface area contributed by atoms with Crippen molar-refractivity contribution < 1.29 is 28.7 Å². The third kappa shape index (κ3) is 4.34. The van der Waals surface area contributed by atoms with Gasteiger partial charge in [0.15, 0.2) is 5.75 Å².